The summed E-state index contributed by atoms with van der Waals surface area (Å²) < 4.78 is 1.99. The number of aliphatic hydroxyl groups excluding tert-OH is 2. The standard InChI is InChI=1S/C15H22N2O2/c1-2-7-16-9-12-4-3-5-15-14(12)6-8-17(15)10-13(19)11-18/h3-6,8,13,16,18-19H,2,7,9-11H2,1H3. The van der Waals surface area contributed by atoms with Gasteiger partial charge in [-0.1, -0.05) is 19.1 Å². The van der Waals surface area contributed by atoms with E-state index < -0.39 is 6.10 Å². The molecule has 0 fully saturated rings. The van der Waals surface area contributed by atoms with Crippen LogP contribution in [0.3, 0.4) is 0 Å². The third kappa shape index (κ3) is 3.35. The van der Waals surface area contributed by atoms with Gasteiger partial charge in [-0.25, -0.2) is 0 Å². The first-order chi connectivity index (χ1) is 9.26. The van der Waals surface area contributed by atoms with E-state index in [4.69, 9.17) is 5.11 Å². The van der Waals surface area contributed by atoms with Gasteiger partial charge in [0.1, 0.15) is 0 Å². The third-order valence-electron chi connectivity index (χ3n) is 3.26. The average Bonchev–Trinajstić information content (AvgIpc) is 2.83. The minimum atomic E-state index is -0.711. The molecule has 2 rings (SSSR count). The Balaban J connectivity index is 2.21. The molecule has 0 spiro atoms. The Bertz CT molecular complexity index is 522. The number of nitrogens with one attached hydrogen (secondary N) is 1. The van der Waals surface area contributed by atoms with Crippen molar-refractivity contribution in [2.24, 2.45) is 0 Å². The Kier molecular flexibility index (Phi) is 4.96. The lowest BCUT2D eigenvalue weighted by molar-refractivity contribution is 0.0822. The summed E-state index contributed by atoms with van der Waals surface area (Å²) in [7, 11) is 0. The SMILES string of the molecule is CCCNCc1cccc2c1ccn2CC(O)CO. The third-order valence-corrected chi connectivity index (χ3v) is 3.26. The highest BCUT2D eigenvalue weighted by molar-refractivity contribution is 5.83. The highest BCUT2D eigenvalue weighted by Gasteiger charge is 2.08. The van der Waals surface area contributed by atoms with Gasteiger partial charge in [-0.3, -0.25) is 0 Å². The number of aliphatic hydroxyl groups is 2. The molecule has 0 bridgehead atoms. The van der Waals surface area contributed by atoms with E-state index in [0.717, 1.165) is 25.0 Å². The van der Waals surface area contributed by atoms with Crippen LogP contribution >= 0.6 is 0 Å². The van der Waals surface area contributed by atoms with Crippen molar-refractivity contribution in [2.45, 2.75) is 32.5 Å². The average molecular weight is 262 g/mol. The molecule has 0 aliphatic heterocycles. The number of hydrogen-bond donors (Lipinski definition) is 3. The second-order valence-corrected chi connectivity index (χ2v) is 4.83. The molecule has 1 aromatic carbocycles. The Morgan fingerprint density at radius 1 is 1.32 bits per heavy atom. The molecule has 0 radical (unpaired) electrons. The highest BCUT2D eigenvalue weighted by atomic mass is 16.3. The van der Waals surface area contributed by atoms with E-state index in [9.17, 15) is 5.11 Å². The molecule has 3 N–H and O–H groups in total. The molecule has 0 aliphatic carbocycles. The van der Waals surface area contributed by atoms with Crippen LogP contribution in [0.2, 0.25) is 0 Å². The lowest BCUT2D eigenvalue weighted by Gasteiger charge is -2.11. The Hall–Kier alpha value is -1.36. The van der Waals surface area contributed by atoms with E-state index >= 15 is 0 Å². The van der Waals surface area contributed by atoms with Crippen molar-refractivity contribution in [3.63, 3.8) is 0 Å². The maximum atomic E-state index is 9.55. The molecule has 0 saturated heterocycles. The summed E-state index contributed by atoms with van der Waals surface area (Å²) in [6, 6.07) is 8.27. The normalized spacial score (nSPS) is 13.0. The van der Waals surface area contributed by atoms with Crippen molar-refractivity contribution in [3.8, 4) is 0 Å². The topological polar surface area (TPSA) is 57.4 Å². The van der Waals surface area contributed by atoms with Gasteiger partial charge in [-0.15, -0.1) is 0 Å². The summed E-state index contributed by atoms with van der Waals surface area (Å²) in [5.41, 5.74) is 2.37. The molecule has 19 heavy (non-hydrogen) atoms. The minimum absolute atomic E-state index is 0.211. The van der Waals surface area contributed by atoms with Crippen molar-refractivity contribution in [1.82, 2.24) is 9.88 Å². The molecule has 4 heteroatoms. The van der Waals surface area contributed by atoms with Gasteiger partial charge in [0.2, 0.25) is 0 Å². The lowest BCUT2D eigenvalue weighted by atomic mass is 10.1. The summed E-state index contributed by atoms with van der Waals surface area (Å²) in [5, 5.41) is 23.1. The van der Waals surface area contributed by atoms with Crippen molar-refractivity contribution in [2.75, 3.05) is 13.2 Å². The zero-order chi connectivity index (χ0) is 13.7. The van der Waals surface area contributed by atoms with E-state index in [2.05, 4.69) is 24.4 Å². The van der Waals surface area contributed by atoms with Crippen LogP contribution in [-0.2, 0) is 13.1 Å². The lowest BCUT2D eigenvalue weighted by Crippen LogP contribution is -2.19. The Morgan fingerprint density at radius 3 is 2.89 bits per heavy atom. The van der Waals surface area contributed by atoms with Crippen LogP contribution in [0, 0.1) is 0 Å². The molecule has 1 atom stereocenters. The zero-order valence-electron chi connectivity index (χ0n) is 11.3. The van der Waals surface area contributed by atoms with Crippen LogP contribution in [0.25, 0.3) is 10.9 Å². The number of benzene rings is 1. The first-order valence-electron chi connectivity index (χ1n) is 6.82. The van der Waals surface area contributed by atoms with Crippen molar-refractivity contribution in [1.29, 1.82) is 0 Å². The summed E-state index contributed by atoms with van der Waals surface area (Å²) in [6.07, 6.45) is 2.38. The quantitative estimate of drug-likeness (QED) is 0.663. The summed E-state index contributed by atoms with van der Waals surface area (Å²) >= 11 is 0. The minimum Gasteiger partial charge on any atom is -0.394 e. The first-order valence-corrected chi connectivity index (χ1v) is 6.82. The fourth-order valence-corrected chi connectivity index (χ4v) is 2.29. The van der Waals surface area contributed by atoms with E-state index in [-0.39, 0.29) is 6.61 Å². The Labute approximate surface area is 113 Å². The van der Waals surface area contributed by atoms with Gasteiger partial charge in [-0.2, -0.15) is 0 Å². The number of rotatable bonds is 7. The molecule has 0 amide bonds. The van der Waals surface area contributed by atoms with Gasteiger partial charge in [0.15, 0.2) is 0 Å². The maximum absolute atomic E-state index is 9.55. The van der Waals surface area contributed by atoms with Gasteiger partial charge in [0, 0.05) is 23.6 Å². The zero-order valence-corrected chi connectivity index (χ0v) is 11.3. The summed E-state index contributed by atoms with van der Waals surface area (Å²) in [4.78, 5) is 0. The monoisotopic (exact) mass is 262 g/mol. The van der Waals surface area contributed by atoms with Crippen LogP contribution < -0.4 is 5.32 Å². The van der Waals surface area contributed by atoms with E-state index in [1.807, 2.05) is 22.9 Å². The number of hydrogen-bond acceptors (Lipinski definition) is 3. The number of aromatic nitrogens is 1. The largest absolute Gasteiger partial charge is 0.394 e. The molecule has 0 aliphatic rings. The molecular weight excluding hydrogens is 240 g/mol. The molecule has 1 unspecified atom stereocenters. The molecule has 1 aromatic heterocycles. The van der Waals surface area contributed by atoms with Crippen LogP contribution in [0.5, 0.6) is 0 Å². The predicted octanol–water partition coefficient (Wildman–Crippen LogP) is 1.49. The molecule has 0 saturated carbocycles. The van der Waals surface area contributed by atoms with Crippen LogP contribution in [0.1, 0.15) is 18.9 Å². The smallest absolute Gasteiger partial charge is 0.0949 e. The van der Waals surface area contributed by atoms with Gasteiger partial charge in [0.25, 0.3) is 0 Å². The van der Waals surface area contributed by atoms with Crippen LogP contribution in [0.15, 0.2) is 30.5 Å². The maximum Gasteiger partial charge on any atom is 0.0949 e. The highest BCUT2D eigenvalue weighted by Crippen LogP contribution is 2.20. The molecule has 1 heterocycles. The summed E-state index contributed by atoms with van der Waals surface area (Å²) in [6.45, 7) is 4.24. The molecule has 104 valence electrons. The molecule has 2 aromatic rings. The molecular formula is C15H22N2O2. The second-order valence-electron chi connectivity index (χ2n) is 4.83. The van der Waals surface area contributed by atoms with E-state index in [1.165, 1.54) is 10.9 Å². The number of fused-ring (bicyclic) bond motifs is 1. The second kappa shape index (κ2) is 6.70. The van der Waals surface area contributed by atoms with Gasteiger partial charge < -0.3 is 20.1 Å². The predicted molar refractivity (Wildman–Crippen MR) is 77.0 cm³/mol. The molecule has 4 nitrogen and oxygen atoms in total. The van der Waals surface area contributed by atoms with Crippen LogP contribution in [-0.4, -0.2) is 34.0 Å². The van der Waals surface area contributed by atoms with E-state index in [1.54, 1.807) is 0 Å². The van der Waals surface area contributed by atoms with E-state index in [0.29, 0.717) is 6.54 Å². The fourth-order valence-electron chi connectivity index (χ4n) is 2.29. The summed E-state index contributed by atoms with van der Waals surface area (Å²) in [5.74, 6) is 0. The van der Waals surface area contributed by atoms with Crippen molar-refractivity contribution >= 4 is 10.9 Å². The van der Waals surface area contributed by atoms with Crippen LogP contribution in [0.4, 0.5) is 0 Å². The van der Waals surface area contributed by atoms with Gasteiger partial charge in [-0.05, 0) is 30.7 Å². The van der Waals surface area contributed by atoms with Gasteiger partial charge in [0.05, 0.1) is 19.3 Å². The first kappa shape index (κ1) is 14.1. The van der Waals surface area contributed by atoms with Crippen molar-refractivity contribution in [3.05, 3.63) is 36.0 Å². The van der Waals surface area contributed by atoms with Crippen molar-refractivity contribution < 1.29 is 10.2 Å². The fraction of sp³-hybridized carbons (Fsp3) is 0.467. The Morgan fingerprint density at radius 2 is 2.16 bits per heavy atom. The van der Waals surface area contributed by atoms with Gasteiger partial charge >= 0.3 is 0 Å². The number of nitrogens with zero attached hydrogens (tertiary/aromatic N) is 1.